The summed E-state index contributed by atoms with van der Waals surface area (Å²) in [6.45, 7) is 1.82. The van der Waals surface area contributed by atoms with Gasteiger partial charge in [0.05, 0.1) is 23.2 Å². The fourth-order valence-corrected chi connectivity index (χ4v) is 4.07. The summed E-state index contributed by atoms with van der Waals surface area (Å²) in [7, 11) is 0. The maximum Gasteiger partial charge on any atom is 0.335 e. The molecule has 0 unspecified atom stereocenters. The molecule has 4 rings (SSSR count). The van der Waals surface area contributed by atoms with Gasteiger partial charge in [-0.2, -0.15) is 0 Å². The van der Waals surface area contributed by atoms with E-state index < -0.39 is 5.97 Å². The van der Waals surface area contributed by atoms with Crippen LogP contribution in [-0.4, -0.2) is 32.3 Å². The highest BCUT2D eigenvalue weighted by Gasteiger charge is 2.16. The van der Waals surface area contributed by atoms with Gasteiger partial charge < -0.3 is 10.4 Å². The summed E-state index contributed by atoms with van der Waals surface area (Å²) in [5.41, 5.74) is 4.34. The zero-order chi connectivity index (χ0) is 22.5. The number of aromatic nitrogens is 2. The highest BCUT2D eigenvalue weighted by Crippen LogP contribution is 2.30. The molecule has 0 aliphatic rings. The van der Waals surface area contributed by atoms with E-state index in [-0.39, 0.29) is 17.2 Å². The van der Waals surface area contributed by atoms with Crippen molar-refractivity contribution in [3.63, 3.8) is 0 Å². The van der Waals surface area contributed by atoms with E-state index in [1.165, 1.54) is 23.9 Å². The van der Waals surface area contributed by atoms with E-state index in [1.54, 1.807) is 6.07 Å². The lowest BCUT2D eigenvalue weighted by Crippen LogP contribution is -2.16. The zero-order valence-corrected chi connectivity index (χ0v) is 18.2. The van der Waals surface area contributed by atoms with E-state index in [2.05, 4.69) is 10.3 Å². The molecule has 32 heavy (non-hydrogen) atoms. The van der Waals surface area contributed by atoms with Crippen molar-refractivity contribution in [1.82, 2.24) is 9.55 Å². The quantitative estimate of drug-likeness (QED) is 0.380. The molecule has 7 heteroatoms. The fourth-order valence-electron chi connectivity index (χ4n) is 3.28. The summed E-state index contributed by atoms with van der Waals surface area (Å²) >= 11 is 1.32. The van der Waals surface area contributed by atoms with Gasteiger partial charge in [0.1, 0.15) is 0 Å². The van der Waals surface area contributed by atoms with E-state index in [0.717, 1.165) is 22.5 Å². The molecule has 0 aliphatic carbocycles. The van der Waals surface area contributed by atoms with Crippen LogP contribution in [0.5, 0.6) is 0 Å². The van der Waals surface area contributed by atoms with Crippen LogP contribution in [0.3, 0.4) is 0 Å². The second kappa shape index (κ2) is 9.53. The normalized spacial score (nSPS) is 10.7. The third kappa shape index (κ3) is 4.73. The fraction of sp³-hybridized carbons (Fsp3) is 0.0800. The Balaban J connectivity index is 1.56. The SMILES string of the molecule is Cc1ccc(C(=O)O)cc1NC(=O)CSc1ncc(-c2ccccc2)n1-c1ccccc1. The number of aromatic carboxylic acids is 1. The van der Waals surface area contributed by atoms with Gasteiger partial charge in [-0.15, -0.1) is 0 Å². The minimum Gasteiger partial charge on any atom is -0.478 e. The van der Waals surface area contributed by atoms with Crippen molar-refractivity contribution in [2.75, 3.05) is 11.1 Å². The molecule has 0 fully saturated rings. The van der Waals surface area contributed by atoms with Gasteiger partial charge in [0.15, 0.2) is 5.16 Å². The van der Waals surface area contributed by atoms with Gasteiger partial charge in [-0.3, -0.25) is 9.36 Å². The van der Waals surface area contributed by atoms with Crippen molar-refractivity contribution in [2.45, 2.75) is 12.1 Å². The highest BCUT2D eigenvalue weighted by atomic mass is 32.2. The van der Waals surface area contributed by atoms with Crippen molar-refractivity contribution in [3.05, 3.63) is 96.2 Å². The summed E-state index contributed by atoms with van der Waals surface area (Å²) in [5, 5.41) is 12.7. The summed E-state index contributed by atoms with van der Waals surface area (Å²) in [4.78, 5) is 28.4. The molecule has 0 saturated carbocycles. The first-order valence-corrected chi connectivity index (χ1v) is 11.0. The molecule has 0 saturated heterocycles. The number of carboxylic acid groups (broad SMARTS) is 1. The predicted octanol–water partition coefficient (Wildman–Crippen LogP) is 5.28. The van der Waals surface area contributed by atoms with E-state index >= 15 is 0 Å². The van der Waals surface area contributed by atoms with Crippen LogP contribution < -0.4 is 5.32 Å². The molecule has 3 aromatic carbocycles. The maximum absolute atomic E-state index is 12.6. The van der Waals surface area contributed by atoms with Crippen LogP contribution in [0.2, 0.25) is 0 Å². The van der Waals surface area contributed by atoms with Crippen molar-refractivity contribution in [1.29, 1.82) is 0 Å². The molecule has 1 amide bonds. The van der Waals surface area contributed by atoms with Gasteiger partial charge in [-0.05, 0) is 36.8 Å². The number of rotatable bonds is 7. The smallest absolute Gasteiger partial charge is 0.335 e. The van der Waals surface area contributed by atoms with Crippen molar-refractivity contribution in [3.8, 4) is 16.9 Å². The number of aryl methyl sites for hydroxylation is 1. The Hall–Kier alpha value is -3.84. The number of thioether (sulfide) groups is 1. The molecule has 0 bridgehead atoms. The van der Waals surface area contributed by atoms with Gasteiger partial charge in [0.2, 0.25) is 5.91 Å². The van der Waals surface area contributed by atoms with Crippen molar-refractivity contribution >= 4 is 29.3 Å². The molecule has 0 radical (unpaired) electrons. The third-order valence-electron chi connectivity index (χ3n) is 4.90. The van der Waals surface area contributed by atoms with Crippen LogP contribution in [0.4, 0.5) is 5.69 Å². The first kappa shape index (κ1) is 21.4. The first-order valence-electron chi connectivity index (χ1n) is 9.98. The summed E-state index contributed by atoms with van der Waals surface area (Å²) in [6.07, 6.45) is 1.81. The molecule has 1 heterocycles. The highest BCUT2D eigenvalue weighted by molar-refractivity contribution is 7.99. The van der Waals surface area contributed by atoms with Crippen LogP contribution in [0.25, 0.3) is 16.9 Å². The lowest BCUT2D eigenvalue weighted by molar-refractivity contribution is -0.113. The van der Waals surface area contributed by atoms with Crippen LogP contribution in [0, 0.1) is 6.92 Å². The number of hydrogen-bond donors (Lipinski definition) is 2. The number of benzene rings is 3. The number of carbonyl (C=O) groups excluding carboxylic acids is 1. The molecule has 160 valence electrons. The number of amides is 1. The number of anilines is 1. The van der Waals surface area contributed by atoms with Gasteiger partial charge in [-0.25, -0.2) is 9.78 Å². The van der Waals surface area contributed by atoms with Crippen LogP contribution in [-0.2, 0) is 4.79 Å². The van der Waals surface area contributed by atoms with E-state index in [4.69, 9.17) is 0 Å². The summed E-state index contributed by atoms with van der Waals surface area (Å²) in [5.74, 6) is -1.13. The average molecular weight is 444 g/mol. The Bertz CT molecular complexity index is 1250. The van der Waals surface area contributed by atoms with Crippen molar-refractivity contribution in [2.24, 2.45) is 0 Å². The predicted molar refractivity (Wildman–Crippen MR) is 126 cm³/mol. The van der Waals surface area contributed by atoms with Crippen LogP contribution >= 0.6 is 11.8 Å². The number of imidazole rings is 1. The summed E-state index contributed by atoms with van der Waals surface area (Å²) < 4.78 is 2.03. The summed E-state index contributed by atoms with van der Waals surface area (Å²) in [6, 6.07) is 24.5. The average Bonchev–Trinajstić information content (AvgIpc) is 3.24. The Labute approximate surface area is 189 Å². The zero-order valence-electron chi connectivity index (χ0n) is 17.4. The molecule has 6 nitrogen and oxygen atoms in total. The van der Waals surface area contributed by atoms with Crippen LogP contribution in [0.15, 0.2) is 90.2 Å². The molecule has 2 N–H and O–H groups in total. The van der Waals surface area contributed by atoms with Gasteiger partial charge in [0, 0.05) is 16.9 Å². The minimum atomic E-state index is -1.03. The van der Waals surface area contributed by atoms with Gasteiger partial charge >= 0.3 is 5.97 Å². The van der Waals surface area contributed by atoms with Crippen LogP contribution in [0.1, 0.15) is 15.9 Å². The number of carboxylic acids is 1. The number of nitrogens with zero attached hydrogens (tertiary/aromatic N) is 2. The second-order valence-electron chi connectivity index (χ2n) is 7.13. The Morgan fingerprint density at radius 3 is 2.38 bits per heavy atom. The lowest BCUT2D eigenvalue weighted by atomic mass is 10.1. The minimum absolute atomic E-state index is 0.130. The lowest BCUT2D eigenvalue weighted by Gasteiger charge is -2.12. The van der Waals surface area contributed by atoms with Crippen molar-refractivity contribution < 1.29 is 14.7 Å². The molecule has 1 aromatic heterocycles. The van der Waals surface area contributed by atoms with Gasteiger partial charge in [-0.1, -0.05) is 66.4 Å². The Morgan fingerprint density at radius 2 is 1.69 bits per heavy atom. The monoisotopic (exact) mass is 443 g/mol. The number of para-hydroxylation sites is 1. The molecule has 0 spiro atoms. The standard InChI is InChI=1S/C25H21N3O3S/c1-17-12-13-19(24(30)31)14-21(17)27-23(29)16-32-25-26-15-22(18-8-4-2-5-9-18)28(25)20-10-6-3-7-11-20/h2-15H,16H2,1H3,(H,27,29)(H,30,31). The molecular formula is C25H21N3O3S. The third-order valence-corrected chi connectivity index (χ3v) is 5.86. The first-order chi connectivity index (χ1) is 15.5. The topological polar surface area (TPSA) is 84.2 Å². The van der Waals surface area contributed by atoms with E-state index in [1.807, 2.05) is 78.4 Å². The molecule has 0 atom stereocenters. The molecule has 4 aromatic rings. The van der Waals surface area contributed by atoms with E-state index in [9.17, 15) is 14.7 Å². The van der Waals surface area contributed by atoms with Gasteiger partial charge in [0.25, 0.3) is 0 Å². The molecular weight excluding hydrogens is 422 g/mol. The number of hydrogen-bond acceptors (Lipinski definition) is 4. The Morgan fingerprint density at radius 1 is 1.00 bits per heavy atom. The number of nitrogens with one attached hydrogen (secondary N) is 1. The second-order valence-corrected chi connectivity index (χ2v) is 8.08. The maximum atomic E-state index is 12.6. The number of carbonyl (C=O) groups is 2. The molecule has 0 aliphatic heterocycles. The largest absolute Gasteiger partial charge is 0.478 e. The van der Waals surface area contributed by atoms with E-state index in [0.29, 0.717) is 10.8 Å². The Kier molecular flexibility index (Phi) is 6.37.